The van der Waals surface area contributed by atoms with E-state index in [0.717, 1.165) is 41.9 Å². The first kappa shape index (κ1) is 20.3. The third kappa shape index (κ3) is 3.26. The van der Waals surface area contributed by atoms with Crippen molar-refractivity contribution in [2.24, 2.45) is 0 Å². The van der Waals surface area contributed by atoms with Crippen molar-refractivity contribution in [2.45, 2.75) is 5.92 Å². The third-order valence-corrected chi connectivity index (χ3v) is 8.46. The molecule has 1 aliphatic rings. The van der Waals surface area contributed by atoms with E-state index in [2.05, 4.69) is 0 Å². The van der Waals surface area contributed by atoms with Crippen molar-refractivity contribution in [2.75, 3.05) is 31.5 Å². The molecule has 4 aromatic rings. The van der Waals surface area contributed by atoms with Crippen molar-refractivity contribution in [1.29, 1.82) is 0 Å². The van der Waals surface area contributed by atoms with Gasteiger partial charge in [0.05, 0.1) is 0 Å². The van der Waals surface area contributed by atoms with E-state index >= 15 is 0 Å². The predicted octanol–water partition coefficient (Wildman–Crippen LogP) is 4.76. The zero-order chi connectivity index (χ0) is 21.7. The van der Waals surface area contributed by atoms with Gasteiger partial charge in [-0.25, -0.2) is 0 Å². The quantitative estimate of drug-likeness (QED) is 0.324. The van der Waals surface area contributed by atoms with Crippen LogP contribution in [0.4, 0.5) is 5.69 Å². The number of carbonyl (C=O) groups excluding carboxylic acids is 1. The summed E-state index contributed by atoms with van der Waals surface area (Å²) in [6, 6.07) is 15.1. The minimum atomic E-state index is -0.109. The summed E-state index contributed by atoms with van der Waals surface area (Å²) in [7, 11) is 3.25. The van der Waals surface area contributed by atoms with Gasteiger partial charge < -0.3 is 0 Å². The molecular formula is C24H20ClNO4Se. The topological polar surface area (TPSA) is 59.0 Å². The molecular weight excluding hydrogens is 481 g/mol. The van der Waals surface area contributed by atoms with Gasteiger partial charge in [0.1, 0.15) is 0 Å². The van der Waals surface area contributed by atoms with Crippen molar-refractivity contribution in [3.63, 3.8) is 0 Å². The second-order valence-corrected chi connectivity index (χ2v) is 10.1. The monoisotopic (exact) mass is 501 g/mol. The van der Waals surface area contributed by atoms with Crippen LogP contribution in [0.2, 0.25) is 0 Å². The molecule has 0 radical (unpaired) electrons. The van der Waals surface area contributed by atoms with Crippen LogP contribution in [0.1, 0.15) is 20.7 Å². The Morgan fingerprint density at radius 3 is 2.58 bits per heavy atom. The van der Waals surface area contributed by atoms with Crippen LogP contribution in [0.15, 0.2) is 48.5 Å². The molecule has 5 nitrogen and oxygen atoms in total. The number of hydrogen-bond donors (Lipinski definition) is 1. The molecule has 1 N–H and O–H groups in total. The fraction of sp³-hybridized carbons (Fsp3) is 0.208. The molecule has 0 spiro atoms. The molecule has 0 saturated carbocycles. The number of phenols is 1. The molecule has 5 rings (SSSR count). The van der Waals surface area contributed by atoms with Crippen molar-refractivity contribution in [3.8, 4) is 17.2 Å². The molecule has 0 bridgehead atoms. The van der Waals surface area contributed by atoms with Gasteiger partial charge in [0.2, 0.25) is 0 Å². The number of fused-ring (bicyclic) bond motifs is 4. The summed E-state index contributed by atoms with van der Waals surface area (Å²) in [5.74, 6) is 1.96. The van der Waals surface area contributed by atoms with E-state index in [1.807, 2.05) is 42.5 Å². The summed E-state index contributed by atoms with van der Waals surface area (Å²) >= 11 is 6.22. The number of methoxy groups -OCH3 is 2. The Kier molecular flexibility index (Phi) is 5.09. The van der Waals surface area contributed by atoms with Crippen LogP contribution in [0.5, 0.6) is 17.2 Å². The molecule has 0 aliphatic carbocycles. The fourth-order valence-corrected chi connectivity index (χ4v) is 6.71. The minimum absolute atomic E-state index is 0.0206. The third-order valence-electron chi connectivity index (χ3n) is 5.81. The van der Waals surface area contributed by atoms with Gasteiger partial charge in [-0.1, -0.05) is 0 Å². The second kappa shape index (κ2) is 7.79. The Morgan fingerprint density at radius 2 is 1.84 bits per heavy atom. The van der Waals surface area contributed by atoms with Crippen LogP contribution in [0, 0.1) is 0 Å². The molecule has 3 aromatic carbocycles. The summed E-state index contributed by atoms with van der Waals surface area (Å²) in [6.45, 7) is 0.487. The van der Waals surface area contributed by atoms with E-state index in [1.54, 1.807) is 25.2 Å². The second-order valence-electron chi connectivity index (χ2n) is 7.52. The van der Waals surface area contributed by atoms with E-state index in [-0.39, 0.29) is 32.1 Å². The van der Waals surface area contributed by atoms with Gasteiger partial charge in [0, 0.05) is 0 Å². The summed E-state index contributed by atoms with van der Waals surface area (Å²) in [6.07, 6.45) is 0. The number of phenolic OH excluding ortho intramolecular Hbond substituents is 1. The summed E-state index contributed by atoms with van der Waals surface area (Å²) in [5.41, 5.74) is 1.71. The van der Waals surface area contributed by atoms with E-state index < -0.39 is 0 Å². The Balaban J connectivity index is 1.63. The zero-order valence-corrected chi connectivity index (χ0v) is 19.5. The standard InChI is InChI=1S/C24H20ClNO4Se/c1-29-15-5-6-17-18(8-15)23-14(11-25)12-26(19(23)10-20(17)27)24(28)22-7-13-3-4-16(30-2)9-21(13)31-22/h3-10,14,27H,11-12H2,1-2H3/t14-/m1/s1. The van der Waals surface area contributed by atoms with Gasteiger partial charge in [-0.15, -0.1) is 0 Å². The van der Waals surface area contributed by atoms with Crippen LogP contribution >= 0.6 is 11.6 Å². The van der Waals surface area contributed by atoms with Gasteiger partial charge in [0.15, 0.2) is 0 Å². The van der Waals surface area contributed by atoms with Gasteiger partial charge in [-0.3, -0.25) is 0 Å². The Bertz CT molecular complexity index is 1330. The predicted molar refractivity (Wildman–Crippen MR) is 125 cm³/mol. The summed E-state index contributed by atoms with van der Waals surface area (Å²) < 4.78 is 12.6. The Morgan fingerprint density at radius 1 is 1.10 bits per heavy atom. The van der Waals surface area contributed by atoms with Gasteiger partial charge >= 0.3 is 191 Å². The molecule has 31 heavy (non-hydrogen) atoms. The van der Waals surface area contributed by atoms with Gasteiger partial charge in [-0.05, 0) is 0 Å². The average molecular weight is 501 g/mol. The van der Waals surface area contributed by atoms with E-state index in [4.69, 9.17) is 21.1 Å². The first-order valence-electron chi connectivity index (χ1n) is 9.83. The van der Waals surface area contributed by atoms with E-state index in [9.17, 15) is 9.90 Å². The molecule has 1 amide bonds. The molecule has 0 saturated heterocycles. The van der Waals surface area contributed by atoms with Crippen LogP contribution in [-0.4, -0.2) is 52.2 Å². The molecule has 0 unspecified atom stereocenters. The van der Waals surface area contributed by atoms with Gasteiger partial charge in [-0.2, -0.15) is 0 Å². The first-order chi connectivity index (χ1) is 15.0. The fourth-order valence-electron chi connectivity index (χ4n) is 4.28. The molecule has 2 heterocycles. The number of ether oxygens (including phenoxy) is 2. The number of aromatic hydroxyl groups is 1. The van der Waals surface area contributed by atoms with Crippen LogP contribution in [0.3, 0.4) is 0 Å². The van der Waals surface area contributed by atoms with Crippen LogP contribution in [0.25, 0.3) is 20.4 Å². The molecule has 1 aromatic heterocycles. The number of halogens is 1. The number of rotatable bonds is 4. The number of carbonyl (C=O) groups is 1. The van der Waals surface area contributed by atoms with Crippen molar-refractivity contribution < 1.29 is 19.4 Å². The van der Waals surface area contributed by atoms with E-state index in [1.165, 1.54) is 0 Å². The number of hydrogen-bond acceptors (Lipinski definition) is 4. The SMILES string of the molecule is COc1ccc2cc(C(=O)N3C[C@@H](CCl)c4c3cc(O)c3ccc(OC)cc43)[se]c2c1. The maximum absolute atomic E-state index is 13.6. The molecule has 1 aliphatic heterocycles. The normalized spacial score (nSPS) is 15.5. The molecule has 158 valence electrons. The molecule has 7 heteroatoms. The molecule has 1 atom stereocenters. The zero-order valence-electron chi connectivity index (χ0n) is 17.0. The number of nitrogens with zero attached hydrogens (tertiary/aromatic N) is 1. The Labute approximate surface area is 190 Å². The van der Waals surface area contributed by atoms with Crippen LogP contribution in [-0.2, 0) is 0 Å². The molecule has 0 fully saturated rings. The van der Waals surface area contributed by atoms with Crippen molar-refractivity contribution in [1.82, 2.24) is 0 Å². The summed E-state index contributed by atoms with van der Waals surface area (Å²) in [4.78, 5) is 15.3. The number of amides is 1. The first-order valence-corrected chi connectivity index (χ1v) is 12.1. The van der Waals surface area contributed by atoms with Crippen LogP contribution < -0.4 is 14.4 Å². The number of benzene rings is 3. The number of anilines is 1. The Hall–Kier alpha value is -2.66. The average Bonchev–Trinajstić information content (AvgIpc) is 3.39. The van der Waals surface area contributed by atoms with Crippen molar-refractivity contribution >= 4 is 58.1 Å². The number of alkyl halides is 1. The van der Waals surface area contributed by atoms with Gasteiger partial charge in [0.25, 0.3) is 0 Å². The summed E-state index contributed by atoms with van der Waals surface area (Å²) in [5, 5.41) is 13.3. The van der Waals surface area contributed by atoms with E-state index in [0.29, 0.717) is 18.2 Å². The maximum atomic E-state index is 13.6. The van der Waals surface area contributed by atoms with Crippen molar-refractivity contribution in [3.05, 3.63) is 58.5 Å².